The summed E-state index contributed by atoms with van der Waals surface area (Å²) in [6.07, 6.45) is 2.45. The molecule has 2 rings (SSSR count). The van der Waals surface area contributed by atoms with E-state index in [2.05, 4.69) is 32.8 Å². The average molecular weight is 240 g/mol. The molecule has 0 aliphatic rings. The summed E-state index contributed by atoms with van der Waals surface area (Å²) in [6.45, 7) is 0.855. The molecule has 0 bridgehead atoms. The van der Waals surface area contributed by atoms with Crippen LogP contribution in [0.4, 0.5) is 5.82 Å². The number of aromatic nitrogens is 2. The fraction of sp³-hybridized carbons (Fsp3) is 0.200. The van der Waals surface area contributed by atoms with Gasteiger partial charge in [-0.25, -0.2) is 9.97 Å². The van der Waals surface area contributed by atoms with E-state index in [4.69, 9.17) is 11.6 Å². The standard InChI is InChI=1S/C10H10ClN3S/c11-9-6-10(14-7-13-9)12-4-3-8-2-1-5-15-8/h1-2,5-7H,3-4H2,(H,12,13,14). The topological polar surface area (TPSA) is 37.8 Å². The van der Waals surface area contributed by atoms with Gasteiger partial charge < -0.3 is 5.32 Å². The molecule has 0 aliphatic heterocycles. The number of anilines is 1. The van der Waals surface area contributed by atoms with Crippen LogP contribution in [0.15, 0.2) is 29.9 Å². The van der Waals surface area contributed by atoms with Crippen LogP contribution in [-0.2, 0) is 6.42 Å². The second kappa shape index (κ2) is 5.09. The van der Waals surface area contributed by atoms with Crippen molar-refractivity contribution in [3.8, 4) is 0 Å². The molecule has 0 saturated carbocycles. The normalized spacial score (nSPS) is 10.2. The summed E-state index contributed by atoms with van der Waals surface area (Å²) in [7, 11) is 0. The predicted octanol–water partition coefficient (Wildman–Crippen LogP) is 2.85. The molecule has 2 aromatic heterocycles. The molecule has 2 aromatic rings. The maximum atomic E-state index is 5.73. The summed E-state index contributed by atoms with van der Waals surface area (Å²) in [5.41, 5.74) is 0. The van der Waals surface area contributed by atoms with Crippen LogP contribution in [0.2, 0.25) is 5.15 Å². The number of nitrogens with zero attached hydrogens (tertiary/aromatic N) is 2. The van der Waals surface area contributed by atoms with Crippen LogP contribution in [0.25, 0.3) is 0 Å². The molecule has 5 heteroatoms. The van der Waals surface area contributed by atoms with Crippen molar-refractivity contribution >= 4 is 28.8 Å². The molecule has 0 amide bonds. The van der Waals surface area contributed by atoms with Crippen molar-refractivity contribution < 1.29 is 0 Å². The van der Waals surface area contributed by atoms with Crippen molar-refractivity contribution in [1.29, 1.82) is 0 Å². The first-order chi connectivity index (χ1) is 7.34. The SMILES string of the molecule is Clc1cc(NCCc2cccs2)ncn1. The van der Waals surface area contributed by atoms with Gasteiger partial charge in [0.05, 0.1) is 0 Å². The van der Waals surface area contributed by atoms with Crippen LogP contribution in [0.3, 0.4) is 0 Å². The molecule has 0 atom stereocenters. The van der Waals surface area contributed by atoms with Gasteiger partial charge in [0.15, 0.2) is 0 Å². The second-order valence-electron chi connectivity index (χ2n) is 2.98. The van der Waals surface area contributed by atoms with Crippen LogP contribution >= 0.6 is 22.9 Å². The lowest BCUT2D eigenvalue weighted by molar-refractivity contribution is 1.02. The number of thiophene rings is 1. The summed E-state index contributed by atoms with van der Waals surface area (Å²) in [4.78, 5) is 9.23. The van der Waals surface area contributed by atoms with Crippen molar-refractivity contribution in [2.75, 3.05) is 11.9 Å². The maximum Gasteiger partial charge on any atom is 0.134 e. The van der Waals surface area contributed by atoms with Gasteiger partial charge in [-0.05, 0) is 17.9 Å². The fourth-order valence-corrected chi connectivity index (χ4v) is 2.05. The van der Waals surface area contributed by atoms with Gasteiger partial charge in [0, 0.05) is 17.5 Å². The summed E-state index contributed by atoms with van der Waals surface area (Å²) in [6, 6.07) is 5.90. The Morgan fingerprint density at radius 3 is 3.07 bits per heavy atom. The molecule has 0 radical (unpaired) electrons. The molecular formula is C10H10ClN3S. The first-order valence-electron chi connectivity index (χ1n) is 4.58. The number of rotatable bonds is 4. The molecule has 78 valence electrons. The van der Waals surface area contributed by atoms with Crippen LogP contribution in [0, 0.1) is 0 Å². The zero-order valence-corrected chi connectivity index (χ0v) is 9.55. The molecule has 0 saturated heterocycles. The van der Waals surface area contributed by atoms with E-state index < -0.39 is 0 Å². The Hall–Kier alpha value is -1.13. The Labute approximate surface area is 97.2 Å². The molecule has 0 spiro atoms. The highest BCUT2D eigenvalue weighted by Gasteiger charge is 1.96. The van der Waals surface area contributed by atoms with Gasteiger partial charge in [-0.15, -0.1) is 11.3 Å². The van der Waals surface area contributed by atoms with Gasteiger partial charge in [-0.1, -0.05) is 17.7 Å². The van der Waals surface area contributed by atoms with Gasteiger partial charge in [0.1, 0.15) is 17.3 Å². The van der Waals surface area contributed by atoms with Crippen LogP contribution in [0.5, 0.6) is 0 Å². The van der Waals surface area contributed by atoms with Crippen LogP contribution in [0.1, 0.15) is 4.88 Å². The van der Waals surface area contributed by atoms with E-state index in [-0.39, 0.29) is 0 Å². The summed E-state index contributed by atoms with van der Waals surface area (Å²) < 4.78 is 0. The summed E-state index contributed by atoms with van der Waals surface area (Å²) >= 11 is 7.50. The van der Waals surface area contributed by atoms with Crippen molar-refractivity contribution in [2.45, 2.75) is 6.42 Å². The largest absolute Gasteiger partial charge is 0.370 e. The Kier molecular flexibility index (Phi) is 3.53. The Balaban J connectivity index is 1.83. The smallest absolute Gasteiger partial charge is 0.134 e. The molecular weight excluding hydrogens is 230 g/mol. The molecule has 2 heterocycles. The third-order valence-corrected chi connectivity index (χ3v) is 3.03. The lowest BCUT2D eigenvalue weighted by atomic mass is 10.3. The maximum absolute atomic E-state index is 5.73. The van der Waals surface area contributed by atoms with E-state index in [9.17, 15) is 0 Å². The van der Waals surface area contributed by atoms with Crippen molar-refractivity contribution in [2.24, 2.45) is 0 Å². The predicted molar refractivity (Wildman–Crippen MR) is 63.6 cm³/mol. The van der Waals surface area contributed by atoms with Gasteiger partial charge in [0.2, 0.25) is 0 Å². The first kappa shape index (κ1) is 10.4. The lowest BCUT2D eigenvalue weighted by Crippen LogP contribution is -2.05. The number of hydrogen-bond donors (Lipinski definition) is 1. The minimum atomic E-state index is 0.462. The lowest BCUT2D eigenvalue weighted by Gasteiger charge is -2.03. The summed E-state index contributed by atoms with van der Waals surface area (Å²) in [5.74, 6) is 0.770. The van der Waals surface area contributed by atoms with E-state index in [1.165, 1.54) is 11.2 Å². The van der Waals surface area contributed by atoms with Gasteiger partial charge in [-0.2, -0.15) is 0 Å². The van der Waals surface area contributed by atoms with Gasteiger partial charge >= 0.3 is 0 Å². The number of halogens is 1. The fourth-order valence-electron chi connectivity index (χ4n) is 1.20. The van der Waals surface area contributed by atoms with Crippen molar-refractivity contribution in [1.82, 2.24) is 9.97 Å². The molecule has 15 heavy (non-hydrogen) atoms. The monoisotopic (exact) mass is 239 g/mol. The van der Waals surface area contributed by atoms with Crippen LogP contribution in [-0.4, -0.2) is 16.5 Å². The minimum Gasteiger partial charge on any atom is -0.370 e. The van der Waals surface area contributed by atoms with Crippen molar-refractivity contribution in [3.05, 3.63) is 39.9 Å². The second-order valence-corrected chi connectivity index (χ2v) is 4.40. The molecule has 0 unspecified atom stereocenters. The molecule has 0 aliphatic carbocycles. The Morgan fingerprint density at radius 1 is 1.40 bits per heavy atom. The first-order valence-corrected chi connectivity index (χ1v) is 5.84. The van der Waals surface area contributed by atoms with E-state index in [1.807, 2.05) is 0 Å². The highest BCUT2D eigenvalue weighted by molar-refractivity contribution is 7.09. The van der Waals surface area contributed by atoms with Crippen molar-refractivity contribution in [3.63, 3.8) is 0 Å². The average Bonchev–Trinajstić information content (AvgIpc) is 2.71. The highest BCUT2D eigenvalue weighted by atomic mass is 35.5. The highest BCUT2D eigenvalue weighted by Crippen LogP contribution is 2.11. The third kappa shape index (κ3) is 3.18. The van der Waals surface area contributed by atoms with E-state index in [0.717, 1.165) is 18.8 Å². The summed E-state index contributed by atoms with van der Waals surface area (Å²) in [5, 5.41) is 5.74. The zero-order chi connectivity index (χ0) is 10.5. The molecule has 3 nitrogen and oxygen atoms in total. The van der Waals surface area contributed by atoms with E-state index in [1.54, 1.807) is 17.4 Å². The van der Waals surface area contributed by atoms with Gasteiger partial charge in [0.25, 0.3) is 0 Å². The zero-order valence-electron chi connectivity index (χ0n) is 7.98. The van der Waals surface area contributed by atoms with E-state index >= 15 is 0 Å². The van der Waals surface area contributed by atoms with E-state index in [0.29, 0.717) is 5.15 Å². The third-order valence-electron chi connectivity index (χ3n) is 1.89. The molecule has 0 aromatic carbocycles. The molecule has 1 N–H and O–H groups in total. The number of hydrogen-bond acceptors (Lipinski definition) is 4. The van der Waals surface area contributed by atoms with Gasteiger partial charge in [-0.3, -0.25) is 0 Å². The molecule has 0 fully saturated rings. The quantitative estimate of drug-likeness (QED) is 0.834. The minimum absolute atomic E-state index is 0.462. The number of nitrogens with one attached hydrogen (secondary N) is 1. The Bertz CT molecular complexity index is 416. The Morgan fingerprint density at radius 2 is 2.33 bits per heavy atom. The van der Waals surface area contributed by atoms with Crippen LogP contribution < -0.4 is 5.32 Å².